The first-order chi connectivity index (χ1) is 14.6. The molecule has 2 aromatic carbocycles. The van der Waals surface area contributed by atoms with Crippen LogP contribution in [0, 0.1) is 6.92 Å². The number of aryl methyl sites for hydroxylation is 2. The zero-order valence-corrected chi connectivity index (χ0v) is 17.4. The Morgan fingerprint density at radius 3 is 2.60 bits per heavy atom. The van der Waals surface area contributed by atoms with E-state index in [1.807, 2.05) is 18.2 Å². The SMILES string of the molecule is C=C1C=Cc2ccc3c(oc4c(-c5cccc[n+]5C)c(C)ccc43)c2C/C=C\C=C/1. The Morgan fingerprint density at radius 2 is 1.73 bits per heavy atom. The van der Waals surface area contributed by atoms with Crippen molar-refractivity contribution in [1.82, 2.24) is 0 Å². The Morgan fingerprint density at radius 1 is 0.900 bits per heavy atom. The number of furan rings is 1. The van der Waals surface area contributed by atoms with E-state index >= 15 is 0 Å². The number of rotatable bonds is 1. The monoisotopic (exact) mass is 390 g/mol. The summed E-state index contributed by atoms with van der Waals surface area (Å²) < 4.78 is 8.80. The summed E-state index contributed by atoms with van der Waals surface area (Å²) in [5.74, 6) is 0. The van der Waals surface area contributed by atoms with Crippen LogP contribution in [0.5, 0.6) is 0 Å². The molecule has 0 amide bonds. The number of hydrogen-bond acceptors (Lipinski definition) is 1. The molecule has 0 saturated heterocycles. The van der Waals surface area contributed by atoms with Gasteiger partial charge >= 0.3 is 0 Å². The molecule has 5 rings (SSSR count). The van der Waals surface area contributed by atoms with Crippen LogP contribution in [0.25, 0.3) is 39.3 Å². The lowest BCUT2D eigenvalue weighted by Gasteiger charge is -2.06. The van der Waals surface area contributed by atoms with Gasteiger partial charge in [0.2, 0.25) is 5.69 Å². The molecular weight excluding hydrogens is 366 g/mol. The molecule has 0 fully saturated rings. The van der Waals surface area contributed by atoms with Gasteiger partial charge in [0.25, 0.3) is 0 Å². The van der Waals surface area contributed by atoms with Gasteiger partial charge in [0.1, 0.15) is 18.2 Å². The molecule has 2 aromatic heterocycles. The van der Waals surface area contributed by atoms with Gasteiger partial charge < -0.3 is 4.42 Å². The number of benzene rings is 2. The Kier molecular flexibility index (Phi) is 4.48. The predicted molar refractivity (Wildman–Crippen MR) is 125 cm³/mol. The second kappa shape index (κ2) is 7.31. The molecule has 1 aliphatic carbocycles. The molecule has 0 bridgehead atoms. The van der Waals surface area contributed by atoms with Crippen LogP contribution < -0.4 is 4.57 Å². The third-order valence-electron chi connectivity index (χ3n) is 5.82. The lowest BCUT2D eigenvalue weighted by molar-refractivity contribution is -0.660. The van der Waals surface area contributed by atoms with Crippen LogP contribution in [0.4, 0.5) is 0 Å². The van der Waals surface area contributed by atoms with Crippen LogP contribution in [-0.4, -0.2) is 0 Å². The number of allylic oxidation sites excluding steroid dienone is 6. The van der Waals surface area contributed by atoms with Crippen molar-refractivity contribution in [2.24, 2.45) is 7.05 Å². The van der Waals surface area contributed by atoms with E-state index in [0.717, 1.165) is 45.2 Å². The van der Waals surface area contributed by atoms with Crippen molar-refractivity contribution < 1.29 is 8.98 Å². The van der Waals surface area contributed by atoms with E-state index < -0.39 is 0 Å². The van der Waals surface area contributed by atoms with Gasteiger partial charge in [0, 0.05) is 28.5 Å². The Bertz CT molecular complexity index is 1400. The number of hydrogen-bond donors (Lipinski definition) is 0. The van der Waals surface area contributed by atoms with E-state index in [9.17, 15) is 0 Å². The van der Waals surface area contributed by atoms with Gasteiger partial charge in [-0.15, -0.1) is 0 Å². The van der Waals surface area contributed by atoms with Crippen molar-refractivity contribution in [2.75, 3.05) is 0 Å². The summed E-state index contributed by atoms with van der Waals surface area (Å²) in [7, 11) is 2.08. The fourth-order valence-electron chi connectivity index (χ4n) is 4.24. The van der Waals surface area contributed by atoms with Crippen LogP contribution in [0.2, 0.25) is 0 Å². The molecule has 0 unspecified atom stereocenters. The van der Waals surface area contributed by atoms with Gasteiger partial charge in [-0.3, -0.25) is 0 Å². The van der Waals surface area contributed by atoms with Gasteiger partial charge in [-0.05, 0) is 42.2 Å². The minimum absolute atomic E-state index is 0.821. The molecule has 4 aromatic rings. The molecule has 0 atom stereocenters. The highest BCUT2D eigenvalue weighted by atomic mass is 16.3. The van der Waals surface area contributed by atoms with E-state index in [1.54, 1.807) is 0 Å². The maximum absolute atomic E-state index is 6.65. The van der Waals surface area contributed by atoms with Crippen molar-refractivity contribution in [3.8, 4) is 11.3 Å². The third-order valence-corrected chi connectivity index (χ3v) is 5.82. The quantitative estimate of drug-likeness (QED) is 0.334. The van der Waals surface area contributed by atoms with E-state index in [4.69, 9.17) is 4.42 Å². The fourth-order valence-corrected chi connectivity index (χ4v) is 4.24. The van der Waals surface area contributed by atoms with E-state index in [2.05, 4.69) is 92.0 Å². The number of pyridine rings is 1. The topological polar surface area (TPSA) is 17.0 Å². The summed E-state index contributed by atoms with van der Waals surface area (Å²) >= 11 is 0. The molecule has 1 aliphatic rings. The first kappa shape index (κ1) is 18.4. The van der Waals surface area contributed by atoms with Crippen molar-refractivity contribution >= 4 is 28.0 Å². The lowest BCUT2D eigenvalue weighted by Crippen LogP contribution is -2.30. The maximum atomic E-state index is 6.65. The summed E-state index contributed by atoms with van der Waals surface area (Å²) in [5, 5.41) is 2.32. The zero-order chi connectivity index (χ0) is 20.7. The molecule has 0 radical (unpaired) electrons. The maximum Gasteiger partial charge on any atom is 0.216 e. The zero-order valence-electron chi connectivity index (χ0n) is 17.4. The van der Waals surface area contributed by atoms with E-state index in [0.29, 0.717) is 0 Å². The minimum Gasteiger partial charge on any atom is -0.455 e. The summed E-state index contributed by atoms with van der Waals surface area (Å²) in [4.78, 5) is 0. The van der Waals surface area contributed by atoms with Crippen LogP contribution in [0.3, 0.4) is 0 Å². The number of aromatic nitrogens is 1. The summed E-state index contributed by atoms with van der Waals surface area (Å²) in [6.07, 6.45) is 15.4. The Labute approximate surface area is 176 Å². The molecule has 2 heteroatoms. The highest BCUT2D eigenvalue weighted by Gasteiger charge is 2.21. The molecular formula is C28H24NO+. The number of fused-ring (bicyclic) bond motifs is 5. The van der Waals surface area contributed by atoms with Gasteiger partial charge in [-0.25, -0.2) is 4.57 Å². The molecule has 0 saturated carbocycles. The smallest absolute Gasteiger partial charge is 0.216 e. The second-order valence-corrected chi connectivity index (χ2v) is 7.84. The predicted octanol–water partition coefficient (Wildman–Crippen LogP) is 6.62. The highest BCUT2D eigenvalue weighted by Crippen LogP contribution is 2.39. The molecule has 0 aliphatic heterocycles. The number of nitrogens with zero attached hydrogens (tertiary/aromatic N) is 1. The largest absolute Gasteiger partial charge is 0.455 e. The van der Waals surface area contributed by atoms with Crippen LogP contribution in [-0.2, 0) is 13.5 Å². The van der Waals surface area contributed by atoms with Gasteiger partial charge in [-0.1, -0.05) is 61.2 Å². The first-order valence-electron chi connectivity index (χ1n) is 10.3. The molecule has 2 heterocycles. The Hall–Kier alpha value is -3.65. The molecule has 30 heavy (non-hydrogen) atoms. The standard InChI is InChI=1S/C28H24NO/c1-19-9-5-4-6-10-22-21(14-12-19)15-17-23-24-16-13-20(2)26(28(24)30-27(22)23)25-11-7-8-18-29(25)3/h4-9,11-18H,1,10H2,2-3H3/q+1/b6-4-,9-5-,14-12?. The van der Waals surface area contributed by atoms with Crippen LogP contribution in [0.1, 0.15) is 16.7 Å². The third kappa shape index (κ3) is 3.02. The van der Waals surface area contributed by atoms with Gasteiger partial charge in [0.05, 0.1) is 5.56 Å². The summed E-state index contributed by atoms with van der Waals surface area (Å²) in [6.45, 7) is 6.24. The normalized spacial score (nSPS) is 16.0. The highest BCUT2D eigenvalue weighted by molar-refractivity contribution is 6.11. The summed E-state index contributed by atoms with van der Waals surface area (Å²) in [5.41, 5.74) is 8.80. The fraction of sp³-hybridized carbons (Fsp3) is 0.107. The van der Waals surface area contributed by atoms with Crippen LogP contribution in [0.15, 0.2) is 95.6 Å². The Balaban J connectivity index is 1.83. The van der Waals surface area contributed by atoms with E-state index in [-0.39, 0.29) is 0 Å². The summed E-state index contributed by atoms with van der Waals surface area (Å²) in [6, 6.07) is 15.0. The second-order valence-electron chi connectivity index (χ2n) is 7.84. The molecule has 146 valence electrons. The van der Waals surface area contributed by atoms with E-state index in [1.165, 1.54) is 16.7 Å². The molecule has 2 nitrogen and oxygen atoms in total. The first-order valence-corrected chi connectivity index (χ1v) is 10.3. The van der Waals surface area contributed by atoms with Crippen LogP contribution >= 0.6 is 0 Å². The van der Waals surface area contributed by atoms with Gasteiger partial charge in [0.15, 0.2) is 6.20 Å². The van der Waals surface area contributed by atoms with Crippen molar-refractivity contribution in [3.05, 3.63) is 108 Å². The van der Waals surface area contributed by atoms with Gasteiger partial charge in [-0.2, -0.15) is 0 Å². The minimum atomic E-state index is 0.821. The molecule has 0 N–H and O–H groups in total. The van der Waals surface area contributed by atoms with Crippen molar-refractivity contribution in [3.63, 3.8) is 0 Å². The average Bonchev–Trinajstić information content (AvgIpc) is 3.12. The lowest BCUT2D eigenvalue weighted by atomic mass is 9.97. The average molecular weight is 391 g/mol. The van der Waals surface area contributed by atoms with Crippen molar-refractivity contribution in [2.45, 2.75) is 13.3 Å². The van der Waals surface area contributed by atoms with Crippen molar-refractivity contribution in [1.29, 1.82) is 0 Å². The molecule has 0 spiro atoms.